The van der Waals surface area contributed by atoms with Crippen LogP contribution in [0.25, 0.3) is 17.2 Å². The monoisotopic (exact) mass is 723 g/mol. The molecule has 5 rings (SSSR count). The van der Waals surface area contributed by atoms with Crippen molar-refractivity contribution in [1.29, 1.82) is 0 Å². The van der Waals surface area contributed by atoms with E-state index in [1.807, 2.05) is 42.6 Å². The van der Waals surface area contributed by atoms with Gasteiger partial charge in [0.1, 0.15) is 16.3 Å². The summed E-state index contributed by atoms with van der Waals surface area (Å²) < 4.78 is 5.34. The van der Waals surface area contributed by atoms with Gasteiger partial charge in [0.15, 0.2) is 0 Å². The molecule has 1 unspecified atom stereocenters. The number of hydrogen-bond donors (Lipinski definition) is 3. The Kier molecular flexibility index (Phi) is 12.3. The maximum absolute atomic E-state index is 13.5. The van der Waals surface area contributed by atoms with Crippen LogP contribution in [0.2, 0.25) is 5.02 Å². The molecule has 1 aromatic heterocycles. The molecule has 4 aromatic carbocycles. The molecule has 50 heavy (non-hydrogen) atoms. The van der Waals surface area contributed by atoms with Gasteiger partial charge in [-0.25, -0.2) is 4.79 Å². The minimum atomic E-state index is -0.563. The van der Waals surface area contributed by atoms with E-state index < -0.39 is 23.0 Å². The summed E-state index contributed by atoms with van der Waals surface area (Å²) >= 11 is 8.59. The van der Waals surface area contributed by atoms with Crippen molar-refractivity contribution >= 4 is 75.2 Å². The van der Waals surface area contributed by atoms with Gasteiger partial charge in [-0.15, -0.1) is 23.1 Å². The molecule has 0 aliphatic heterocycles. The Morgan fingerprint density at radius 3 is 2.32 bits per heavy atom. The minimum absolute atomic E-state index is 0.0327. The number of ether oxygens (including phenoxy) is 1. The second-order valence-corrected chi connectivity index (χ2v) is 13.8. The Morgan fingerprint density at radius 1 is 0.900 bits per heavy atom. The molecule has 0 saturated heterocycles. The molecule has 1 heterocycles. The molecule has 0 aliphatic rings. The highest BCUT2D eigenvalue weighted by atomic mass is 35.5. The molecule has 0 bridgehead atoms. The van der Waals surface area contributed by atoms with Gasteiger partial charge < -0.3 is 20.7 Å². The smallest absolute Gasteiger partial charge is 0.341 e. The highest BCUT2D eigenvalue weighted by Crippen LogP contribution is 2.37. The van der Waals surface area contributed by atoms with Crippen LogP contribution in [0.4, 0.5) is 10.7 Å². The van der Waals surface area contributed by atoms with E-state index in [0.717, 1.165) is 16.0 Å². The summed E-state index contributed by atoms with van der Waals surface area (Å²) in [7, 11) is 0. The average molecular weight is 724 g/mol. The molecule has 0 radical (unpaired) electrons. The maximum Gasteiger partial charge on any atom is 0.341 e. The molecule has 8 nitrogen and oxygen atoms in total. The van der Waals surface area contributed by atoms with Gasteiger partial charge >= 0.3 is 5.97 Å². The predicted molar refractivity (Wildman–Crippen MR) is 203 cm³/mol. The minimum Gasteiger partial charge on any atom is -0.462 e. The Bertz CT molecular complexity index is 2030. The van der Waals surface area contributed by atoms with Crippen molar-refractivity contribution in [2.45, 2.75) is 30.9 Å². The molecule has 254 valence electrons. The van der Waals surface area contributed by atoms with Gasteiger partial charge in [-0.3, -0.25) is 14.4 Å². The average Bonchev–Trinajstić information content (AvgIpc) is 3.53. The van der Waals surface area contributed by atoms with Gasteiger partial charge in [0.2, 0.25) is 5.91 Å². The standard InChI is InChI=1S/C39H34ClN3O5S2/c1-4-48-39(47)34-32(27-17-13-24(2)14-18-27)23-49-38(34)43-35(44)25(3)50-31-12-8-11-30(22-31)41-37(46)33(21-26-15-19-29(40)20-16-26)42-36(45)28-9-6-5-7-10-28/h5-23,25H,4H2,1-3H3,(H,41,46)(H,42,45)(H,43,44)/b33-21-. The van der Waals surface area contributed by atoms with Crippen LogP contribution in [0.5, 0.6) is 0 Å². The van der Waals surface area contributed by atoms with Crippen molar-refractivity contribution in [3.8, 4) is 11.1 Å². The first kappa shape index (κ1) is 36.1. The largest absolute Gasteiger partial charge is 0.462 e. The first-order valence-corrected chi connectivity index (χ1v) is 17.8. The van der Waals surface area contributed by atoms with Crippen molar-refractivity contribution in [2.24, 2.45) is 0 Å². The lowest BCUT2D eigenvalue weighted by atomic mass is 10.0. The van der Waals surface area contributed by atoms with Gasteiger partial charge in [0, 0.05) is 32.1 Å². The summed E-state index contributed by atoms with van der Waals surface area (Å²) in [5, 5.41) is 10.7. The number of benzene rings is 4. The Balaban J connectivity index is 1.30. The van der Waals surface area contributed by atoms with E-state index in [0.29, 0.717) is 38.0 Å². The van der Waals surface area contributed by atoms with Crippen LogP contribution >= 0.6 is 34.7 Å². The fourth-order valence-corrected chi connectivity index (χ4v) is 6.80. The topological polar surface area (TPSA) is 114 Å². The zero-order valence-electron chi connectivity index (χ0n) is 27.5. The van der Waals surface area contributed by atoms with Gasteiger partial charge in [0.05, 0.1) is 11.9 Å². The third-order valence-corrected chi connectivity index (χ3v) is 9.59. The van der Waals surface area contributed by atoms with Crippen molar-refractivity contribution in [3.05, 3.63) is 141 Å². The van der Waals surface area contributed by atoms with Crippen LogP contribution < -0.4 is 16.0 Å². The van der Waals surface area contributed by atoms with E-state index in [1.165, 1.54) is 23.1 Å². The van der Waals surface area contributed by atoms with Crippen LogP contribution in [-0.4, -0.2) is 35.5 Å². The number of esters is 1. The van der Waals surface area contributed by atoms with Crippen LogP contribution in [0.15, 0.2) is 119 Å². The van der Waals surface area contributed by atoms with Crippen LogP contribution in [0.3, 0.4) is 0 Å². The van der Waals surface area contributed by atoms with E-state index in [4.69, 9.17) is 16.3 Å². The van der Waals surface area contributed by atoms with E-state index in [-0.39, 0.29) is 18.2 Å². The molecule has 0 fully saturated rings. The lowest BCUT2D eigenvalue weighted by molar-refractivity contribution is -0.115. The SMILES string of the molecule is CCOC(=O)c1c(-c2ccc(C)cc2)csc1NC(=O)C(C)Sc1cccc(NC(=O)/C(=C/c2ccc(Cl)cc2)NC(=O)c2ccccc2)c1. The molecule has 11 heteroatoms. The summed E-state index contributed by atoms with van der Waals surface area (Å²) in [5.41, 5.74) is 4.52. The number of amides is 3. The number of thioether (sulfide) groups is 1. The van der Waals surface area contributed by atoms with Crippen molar-refractivity contribution in [2.75, 3.05) is 17.2 Å². The second-order valence-electron chi connectivity index (χ2n) is 11.1. The van der Waals surface area contributed by atoms with Crippen molar-refractivity contribution in [3.63, 3.8) is 0 Å². The van der Waals surface area contributed by atoms with Crippen LogP contribution in [0.1, 0.15) is 45.7 Å². The summed E-state index contributed by atoms with van der Waals surface area (Å²) in [5.74, 6) is -1.78. The summed E-state index contributed by atoms with van der Waals surface area (Å²) in [6.45, 7) is 5.69. The molecule has 0 saturated carbocycles. The molecule has 1 atom stereocenters. The van der Waals surface area contributed by atoms with Gasteiger partial charge in [0.25, 0.3) is 11.8 Å². The number of hydrogen-bond acceptors (Lipinski definition) is 7. The van der Waals surface area contributed by atoms with E-state index in [1.54, 1.807) is 92.7 Å². The quantitative estimate of drug-likeness (QED) is 0.0673. The third-order valence-electron chi connectivity index (χ3n) is 7.35. The zero-order chi connectivity index (χ0) is 35.6. The molecule has 0 spiro atoms. The highest BCUT2D eigenvalue weighted by molar-refractivity contribution is 8.00. The summed E-state index contributed by atoms with van der Waals surface area (Å²) in [6, 6.07) is 30.3. The number of nitrogens with one attached hydrogen (secondary N) is 3. The number of carbonyl (C=O) groups is 4. The second kappa shape index (κ2) is 17.0. The van der Waals surface area contributed by atoms with Crippen molar-refractivity contribution < 1.29 is 23.9 Å². The number of thiophene rings is 1. The fourth-order valence-electron chi connectivity index (χ4n) is 4.79. The molecular formula is C39H34ClN3O5S2. The van der Waals surface area contributed by atoms with Crippen LogP contribution in [-0.2, 0) is 14.3 Å². The Hall–Kier alpha value is -5.16. The number of anilines is 2. The number of rotatable bonds is 12. The molecule has 3 amide bonds. The molecular weight excluding hydrogens is 690 g/mol. The Morgan fingerprint density at radius 2 is 1.62 bits per heavy atom. The van der Waals surface area contributed by atoms with Crippen molar-refractivity contribution in [1.82, 2.24) is 5.32 Å². The summed E-state index contributed by atoms with van der Waals surface area (Å²) in [4.78, 5) is 53.6. The number of carbonyl (C=O) groups excluding carboxylic acids is 4. The molecule has 3 N–H and O–H groups in total. The Labute approximate surface area is 303 Å². The zero-order valence-corrected chi connectivity index (χ0v) is 29.9. The van der Waals surface area contributed by atoms with Gasteiger partial charge in [-0.2, -0.15) is 0 Å². The first-order chi connectivity index (χ1) is 24.1. The number of aryl methyl sites for hydroxylation is 1. The maximum atomic E-state index is 13.5. The molecule has 0 aliphatic carbocycles. The lowest BCUT2D eigenvalue weighted by Crippen LogP contribution is -2.30. The van der Waals surface area contributed by atoms with E-state index in [9.17, 15) is 19.2 Å². The first-order valence-electron chi connectivity index (χ1n) is 15.7. The van der Waals surface area contributed by atoms with E-state index >= 15 is 0 Å². The fraction of sp³-hybridized carbons (Fsp3) is 0.128. The van der Waals surface area contributed by atoms with E-state index in [2.05, 4.69) is 16.0 Å². The van der Waals surface area contributed by atoms with Crippen LogP contribution in [0, 0.1) is 6.92 Å². The lowest BCUT2D eigenvalue weighted by Gasteiger charge is -2.14. The summed E-state index contributed by atoms with van der Waals surface area (Å²) in [6.07, 6.45) is 1.57. The number of halogens is 1. The highest BCUT2D eigenvalue weighted by Gasteiger charge is 2.25. The normalized spacial score (nSPS) is 11.7. The molecule has 5 aromatic rings. The van der Waals surface area contributed by atoms with Gasteiger partial charge in [-0.05, 0) is 80.4 Å². The third kappa shape index (κ3) is 9.50. The van der Waals surface area contributed by atoms with Gasteiger partial charge in [-0.1, -0.05) is 77.8 Å². The predicted octanol–water partition coefficient (Wildman–Crippen LogP) is 9.08.